The van der Waals surface area contributed by atoms with Crippen molar-refractivity contribution in [2.75, 3.05) is 19.6 Å². The number of rotatable bonds is 2. The minimum atomic E-state index is -0.0286. The van der Waals surface area contributed by atoms with Crippen LogP contribution in [0.15, 0.2) is 24.3 Å². The highest BCUT2D eigenvalue weighted by atomic mass is 16.2. The molecule has 0 N–H and O–H groups in total. The molecule has 2 heterocycles. The summed E-state index contributed by atoms with van der Waals surface area (Å²) in [5, 5.41) is 0. The Morgan fingerprint density at radius 3 is 2.46 bits per heavy atom. The van der Waals surface area contributed by atoms with E-state index in [2.05, 4.69) is 11.8 Å². The van der Waals surface area contributed by atoms with Gasteiger partial charge in [-0.25, -0.2) is 0 Å². The summed E-state index contributed by atoms with van der Waals surface area (Å²) in [6.07, 6.45) is 7.98. The maximum absolute atomic E-state index is 13.5. The lowest BCUT2D eigenvalue weighted by Gasteiger charge is -2.48. The molecule has 4 rings (SSSR count). The highest BCUT2D eigenvalue weighted by Crippen LogP contribution is 2.39. The van der Waals surface area contributed by atoms with Crippen molar-refractivity contribution in [3.63, 3.8) is 0 Å². The van der Waals surface area contributed by atoms with Gasteiger partial charge in [-0.05, 0) is 63.0 Å². The number of carbonyl (C=O) groups is 2. The van der Waals surface area contributed by atoms with Gasteiger partial charge in [0.05, 0.1) is 5.92 Å². The first-order valence-electron chi connectivity index (χ1n) is 11.2. The molecular weight excluding hydrogens is 348 g/mol. The van der Waals surface area contributed by atoms with Crippen LogP contribution in [0.4, 0.5) is 0 Å². The molecule has 4 nitrogen and oxygen atoms in total. The summed E-state index contributed by atoms with van der Waals surface area (Å²) in [4.78, 5) is 30.5. The van der Waals surface area contributed by atoms with E-state index in [0.717, 1.165) is 49.4 Å². The molecule has 0 aromatic heterocycles. The molecule has 1 aliphatic carbocycles. The largest absolute Gasteiger partial charge is 0.339 e. The van der Waals surface area contributed by atoms with E-state index in [1.807, 2.05) is 36.1 Å². The molecule has 3 aliphatic rings. The fourth-order valence-electron chi connectivity index (χ4n) is 5.66. The first-order chi connectivity index (χ1) is 13.5. The van der Waals surface area contributed by atoms with Crippen LogP contribution in [0, 0.1) is 24.7 Å². The Morgan fingerprint density at radius 2 is 1.68 bits per heavy atom. The van der Waals surface area contributed by atoms with E-state index >= 15 is 0 Å². The summed E-state index contributed by atoms with van der Waals surface area (Å²) in [5.74, 6) is 1.77. The van der Waals surface area contributed by atoms with Gasteiger partial charge in [-0.1, -0.05) is 37.5 Å². The lowest BCUT2D eigenvalue weighted by molar-refractivity contribution is -0.145. The molecule has 4 heteroatoms. The minimum absolute atomic E-state index is 0.0286. The van der Waals surface area contributed by atoms with Crippen LogP contribution in [0.1, 0.15) is 67.8 Å². The predicted octanol–water partition coefficient (Wildman–Crippen LogP) is 4.27. The summed E-state index contributed by atoms with van der Waals surface area (Å²) in [5.41, 5.74) is 1.89. The van der Waals surface area contributed by atoms with Crippen molar-refractivity contribution in [2.45, 2.75) is 64.8 Å². The number of amides is 2. The second-order valence-electron chi connectivity index (χ2n) is 9.27. The Hall–Kier alpha value is -1.84. The Labute approximate surface area is 169 Å². The van der Waals surface area contributed by atoms with Crippen LogP contribution in [0.3, 0.4) is 0 Å². The lowest BCUT2D eigenvalue weighted by Crippen LogP contribution is -2.56. The molecule has 2 saturated heterocycles. The topological polar surface area (TPSA) is 40.6 Å². The first kappa shape index (κ1) is 19.5. The zero-order chi connectivity index (χ0) is 19.7. The van der Waals surface area contributed by atoms with Crippen molar-refractivity contribution in [2.24, 2.45) is 17.8 Å². The van der Waals surface area contributed by atoms with E-state index in [-0.39, 0.29) is 11.8 Å². The molecule has 2 amide bonds. The van der Waals surface area contributed by atoms with E-state index in [9.17, 15) is 9.59 Å². The van der Waals surface area contributed by atoms with Crippen LogP contribution in [-0.2, 0) is 4.79 Å². The minimum Gasteiger partial charge on any atom is -0.339 e. The molecule has 4 unspecified atom stereocenters. The third-order valence-electron chi connectivity index (χ3n) is 7.38. The highest BCUT2D eigenvalue weighted by Gasteiger charge is 2.42. The average molecular weight is 383 g/mol. The van der Waals surface area contributed by atoms with E-state index < -0.39 is 0 Å². The quantitative estimate of drug-likeness (QED) is 0.766. The van der Waals surface area contributed by atoms with Gasteiger partial charge in [-0.3, -0.25) is 9.59 Å². The number of benzene rings is 1. The molecular formula is C24H34N2O2. The second kappa shape index (κ2) is 8.26. The Morgan fingerprint density at radius 1 is 0.929 bits per heavy atom. The number of fused-ring (bicyclic) bond motifs is 1. The van der Waals surface area contributed by atoms with Crippen molar-refractivity contribution in [1.82, 2.24) is 9.80 Å². The molecule has 152 valence electrons. The molecule has 2 aliphatic heterocycles. The molecule has 28 heavy (non-hydrogen) atoms. The molecule has 0 bridgehead atoms. The molecule has 4 atom stereocenters. The fraction of sp³-hybridized carbons (Fsp3) is 0.667. The molecule has 0 spiro atoms. The summed E-state index contributed by atoms with van der Waals surface area (Å²) in [7, 11) is 0. The van der Waals surface area contributed by atoms with E-state index in [1.165, 1.54) is 25.7 Å². The average Bonchev–Trinajstić information content (AvgIpc) is 2.74. The number of hydrogen-bond acceptors (Lipinski definition) is 2. The van der Waals surface area contributed by atoms with Gasteiger partial charge in [0, 0.05) is 31.2 Å². The number of nitrogens with zero attached hydrogens (tertiary/aromatic N) is 2. The van der Waals surface area contributed by atoms with Crippen molar-refractivity contribution < 1.29 is 9.59 Å². The van der Waals surface area contributed by atoms with Crippen LogP contribution >= 0.6 is 0 Å². The van der Waals surface area contributed by atoms with Crippen LogP contribution in [-0.4, -0.2) is 47.3 Å². The van der Waals surface area contributed by atoms with Crippen molar-refractivity contribution >= 4 is 11.8 Å². The van der Waals surface area contributed by atoms with Crippen LogP contribution in [0.2, 0.25) is 0 Å². The van der Waals surface area contributed by atoms with Gasteiger partial charge in [-0.2, -0.15) is 0 Å². The van der Waals surface area contributed by atoms with Crippen molar-refractivity contribution in [3.8, 4) is 0 Å². The summed E-state index contributed by atoms with van der Waals surface area (Å²) < 4.78 is 0. The SMILES string of the molecule is Cc1ccc(C(=O)N2CCCC(C(=O)N3CCC(C)C4CCCCC43)C2)cc1. The van der Waals surface area contributed by atoms with Gasteiger partial charge in [0.15, 0.2) is 0 Å². The lowest BCUT2D eigenvalue weighted by atomic mass is 9.72. The van der Waals surface area contributed by atoms with Gasteiger partial charge in [0.2, 0.25) is 5.91 Å². The number of aryl methyl sites for hydroxylation is 1. The number of piperidine rings is 2. The predicted molar refractivity (Wildman–Crippen MR) is 111 cm³/mol. The van der Waals surface area contributed by atoms with E-state index in [1.54, 1.807) is 0 Å². The molecule has 3 fully saturated rings. The van der Waals surface area contributed by atoms with Gasteiger partial charge in [-0.15, -0.1) is 0 Å². The van der Waals surface area contributed by atoms with Gasteiger partial charge < -0.3 is 9.80 Å². The maximum atomic E-state index is 13.5. The number of likely N-dealkylation sites (tertiary alicyclic amines) is 2. The van der Waals surface area contributed by atoms with Crippen LogP contribution < -0.4 is 0 Å². The molecule has 1 aromatic carbocycles. The summed E-state index contributed by atoms with van der Waals surface area (Å²) in [6.45, 7) is 6.65. The zero-order valence-electron chi connectivity index (χ0n) is 17.4. The summed E-state index contributed by atoms with van der Waals surface area (Å²) in [6, 6.07) is 8.22. The molecule has 0 radical (unpaired) electrons. The first-order valence-corrected chi connectivity index (χ1v) is 11.2. The smallest absolute Gasteiger partial charge is 0.253 e. The standard InChI is InChI=1S/C24H34N2O2/c1-17-9-11-19(12-10-17)23(27)25-14-5-6-20(16-25)24(28)26-15-13-18(2)21-7-3-4-8-22(21)26/h9-12,18,20-22H,3-8,13-16H2,1-2H3. The van der Waals surface area contributed by atoms with Crippen molar-refractivity contribution in [3.05, 3.63) is 35.4 Å². The summed E-state index contributed by atoms with van der Waals surface area (Å²) >= 11 is 0. The second-order valence-corrected chi connectivity index (χ2v) is 9.27. The zero-order valence-corrected chi connectivity index (χ0v) is 17.4. The third kappa shape index (κ3) is 3.83. The monoisotopic (exact) mass is 382 g/mol. The Kier molecular flexibility index (Phi) is 5.75. The third-order valence-corrected chi connectivity index (χ3v) is 7.38. The van der Waals surface area contributed by atoms with Crippen molar-refractivity contribution in [1.29, 1.82) is 0 Å². The van der Waals surface area contributed by atoms with Gasteiger partial charge in [0.25, 0.3) is 5.91 Å². The normalized spacial score (nSPS) is 30.6. The highest BCUT2D eigenvalue weighted by molar-refractivity contribution is 5.94. The molecule has 1 saturated carbocycles. The van der Waals surface area contributed by atoms with Gasteiger partial charge in [0.1, 0.15) is 0 Å². The number of hydrogen-bond donors (Lipinski definition) is 0. The Balaban J connectivity index is 1.44. The van der Waals surface area contributed by atoms with E-state index in [4.69, 9.17) is 0 Å². The number of carbonyl (C=O) groups excluding carboxylic acids is 2. The Bertz CT molecular complexity index is 714. The molecule has 1 aromatic rings. The van der Waals surface area contributed by atoms with E-state index in [0.29, 0.717) is 24.4 Å². The fourth-order valence-corrected chi connectivity index (χ4v) is 5.66. The maximum Gasteiger partial charge on any atom is 0.253 e. The van der Waals surface area contributed by atoms with Crippen LogP contribution in [0.5, 0.6) is 0 Å². The van der Waals surface area contributed by atoms with Crippen LogP contribution in [0.25, 0.3) is 0 Å². The van der Waals surface area contributed by atoms with Gasteiger partial charge >= 0.3 is 0 Å².